The Bertz CT molecular complexity index is 513. The molecule has 0 aromatic heterocycles. The molecule has 2 unspecified atom stereocenters. The van der Waals surface area contributed by atoms with E-state index in [4.69, 9.17) is 4.74 Å². The highest BCUT2D eigenvalue weighted by Gasteiger charge is 2.49. The van der Waals surface area contributed by atoms with Gasteiger partial charge in [-0.25, -0.2) is 0 Å². The molecule has 21 heavy (non-hydrogen) atoms. The summed E-state index contributed by atoms with van der Waals surface area (Å²) in [7, 11) is 2.05. The molecule has 1 aliphatic heterocycles. The van der Waals surface area contributed by atoms with Gasteiger partial charge < -0.3 is 10.1 Å². The molecule has 118 valence electrons. The van der Waals surface area contributed by atoms with Crippen LogP contribution in [0.25, 0.3) is 0 Å². The van der Waals surface area contributed by atoms with Crippen molar-refractivity contribution in [2.24, 2.45) is 5.92 Å². The highest BCUT2D eigenvalue weighted by molar-refractivity contribution is 9.10. The Morgan fingerprint density at radius 3 is 2.10 bits per heavy atom. The Kier molecular flexibility index (Phi) is 4.59. The highest BCUT2D eigenvalue weighted by atomic mass is 79.9. The van der Waals surface area contributed by atoms with E-state index in [-0.39, 0.29) is 11.2 Å². The lowest BCUT2D eigenvalue weighted by Gasteiger charge is -2.33. The second kappa shape index (κ2) is 5.68. The van der Waals surface area contributed by atoms with Crippen LogP contribution in [0.4, 0.5) is 0 Å². The molecule has 1 aromatic rings. The van der Waals surface area contributed by atoms with E-state index < -0.39 is 0 Å². The van der Waals surface area contributed by atoms with E-state index in [1.807, 2.05) is 0 Å². The number of rotatable bonds is 3. The normalized spacial score (nSPS) is 25.0. The molecule has 1 N–H and O–H groups in total. The Hall–Kier alpha value is -0.380. The van der Waals surface area contributed by atoms with Crippen molar-refractivity contribution < 1.29 is 4.74 Å². The molecule has 2 rings (SSSR count). The van der Waals surface area contributed by atoms with Crippen molar-refractivity contribution in [2.45, 2.75) is 65.2 Å². The molecule has 1 aliphatic rings. The summed E-state index contributed by atoms with van der Waals surface area (Å²) in [5, 5.41) is 3.53. The van der Waals surface area contributed by atoms with Crippen LogP contribution in [0, 0.1) is 19.8 Å². The maximum atomic E-state index is 6.29. The number of nitrogens with one attached hydrogen (secondary N) is 1. The van der Waals surface area contributed by atoms with Crippen LogP contribution in [-0.2, 0) is 4.74 Å². The summed E-state index contributed by atoms with van der Waals surface area (Å²) < 4.78 is 7.50. The van der Waals surface area contributed by atoms with Crippen molar-refractivity contribution in [1.82, 2.24) is 5.32 Å². The molecule has 0 saturated carbocycles. The van der Waals surface area contributed by atoms with Crippen LogP contribution in [0.3, 0.4) is 0 Å². The second-order valence-corrected chi connectivity index (χ2v) is 8.30. The predicted molar refractivity (Wildman–Crippen MR) is 92.8 cm³/mol. The number of ether oxygens (including phenoxy) is 1. The fourth-order valence-corrected chi connectivity index (χ4v) is 4.11. The molecule has 0 bridgehead atoms. The number of aryl methyl sites for hydroxylation is 2. The highest BCUT2D eigenvalue weighted by Crippen LogP contribution is 2.47. The van der Waals surface area contributed by atoms with E-state index in [0.29, 0.717) is 12.0 Å². The molecule has 1 aromatic carbocycles. The lowest BCUT2D eigenvalue weighted by molar-refractivity contribution is -0.0776. The molecule has 0 amide bonds. The van der Waals surface area contributed by atoms with Gasteiger partial charge in [-0.2, -0.15) is 0 Å². The standard InChI is InChI=1S/C18H28BrNO/c1-11-8-13(9-12(2)15(11)19)16(20-7)14-10-17(3,4)21-18(14,5)6/h8-9,14,16,20H,10H2,1-7H3. The third kappa shape index (κ3) is 3.35. The van der Waals surface area contributed by atoms with Crippen molar-refractivity contribution >= 4 is 15.9 Å². The minimum atomic E-state index is -0.119. The lowest BCUT2D eigenvalue weighted by atomic mass is 9.78. The van der Waals surface area contributed by atoms with Crippen LogP contribution in [0.15, 0.2) is 16.6 Å². The van der Waals surface area contributed by atoms with E-state index in [1.54, 1.807) is 0 Å². The second-order valence-electron chi connectivity index (χ2n) is 7.51. The zero-order valence-corrected chi connectivity index (χ0v) is 15.9. The summed E-state index contributed by atoms with van der Waals surface area (Å²) >= 11 is 3.66. The molecule has 0 aliphatic carbocycles. The summed E-state index contributed by atoms with van der Waals surface area (Å²) in [6.07, 6.45) is 1.07. The summed E-state index contributed by atoms with van der Waals surface area (Å²) in [4.78, 5) is 0. The first-order chi connectivity index (χ1) is 9.57. The smallest absolute Gasteiger partial charge is 0.0681 e. The van der Waals surface area contributed by atoms with Crippen molar-refractivity contribution in [3.63, 3.8) is 0 Å². The van der Waals surface area contributed by atoms with Gasteiger partial charge in [0.15, 0.2) is 0 Å². The zero-order valence-electron chi connectivity index (χ0n) is 14.3. The van der Waals surface area contributed by atoms with Gasteiger partial charge in [-0.3, -0.25) is 0 Å². The average molecular weight is 354 g/mol. The zero-order chi connectivity index (χ0) is 16.0. The van der Waals surface area contributed by atoms with Crippen molar-refractivity contribution in [1.29, 1.82) is 0 Å². The lowest BCUT2D eigenvalue weighted by Crippen LogP contribution is -2.37. The molecule has 0 spiro atoms. The molecule has 0 radical (unpaired) electrons. The maximum Gasteiger partial charge on any atom is 0.0681 e. The number of halogens is 1. The van der Waals surface area contributed by atoms with Gasteiger partial charge in [-0.1, -0.05) is 28.1 Å². The van der Waals surface area contributed by atoms with Gasteiger partial charge in [0.25, 0.3) is 0 Å². The predicted octanol–water partition coefficient (Wildman–Crippen LogP) is 4.92. The Balaban J connectivity index is 2.41. The monoisotopic (exact) mass is 353 g/mol. The molecule has 2 atom stereocenters. The third-order valence-electron chi connectivity index (χ3n) is 4.68. The van der Waals surface area contributed by atoms with Gasteiger partial charge in [0.1, 0.15) is 0 Å². The number of hydrogen-bond donors (Lipinski definition) is 1. The van der Waals surface area contributed by atoms with Gasteiger partial charge in [0, 0.05) is 16.4 Å². The summed E-state index contributed by atoms with van der Waals surface area (Å²) in [6.45, 7) is 13.1. The van der Waals surface area contributed by atoms with Crippen molar-refractivity contribution in [3.8, 4) is 0 Å². The van der Waals surface area contributed by atoms with Crippen LogP contribution in [0.2, 0.25) is 0 Å². The average Bonchev–Trinajstić information content (AvgIpc) is 2.55. The summed E-state index contributed by atoms with van der Waals surface area (Å²) in [5.41, 5.74) is 3.77. The van der Waals surface area contributed by atoms with E-state index in [9.17, 15) is 0 Å². The van der Waals surface area contributed by atoms with Crippen LogP contribution in [-0.4, -0.2) is 18.2 Å². The molecular weight excluding hydrogens is 326 g/mol. The maximum absolute atomic E-state index is 6.29. The fraction of sp³-hybridized carbons (Fsp3) is 0.667. The Morgan fingerprint density at radius 1 is 1.19 bits per heavy atom. The Labute approximate surface area is 137 Å². The van der Waals surface area contributed by atoms with Gasteiger partial charge in [0.2, 0.25) is 0 Å². The molecule has 1 fully saturated rings. The van der Waals surface area contributed by atoms with E-state index in [1.165, 1.54) is 21.2 Å². The topological polar surface area (TPSA) is 21.3 Å². The first-order valence-electron chi connectivity index (χ1n) is 7.71. The molecule has 2 nitrogen and oxygen atoms in total. The van der Waals surface area contributed by atoms with Crippen molar-refractivity contribution in [2.75, 3.05) is 7.05 Å². The Morgan fingerprint density at radius 2 is 1.71 bits per heavy atom. The number of hydrogen-bond acceptors (Lipinski definition) is 2. The van der Waals surface area contributed by atoms with E-state index in [2.05, 4.69) is 82.0 Å². The van der Waals surface area contributed by atoms with Crippen LogP contribution < -0.4 is 5.32 Å². The van der Waals surface area contributed by atoms with Gasteiger partial charge in [0.05, 0.1) is 11.2 Å². The van der Waals surface area contributed by atoms with E-state index in [0.717, 1.165) is 6.42 Å². The van der Waals surface area contributed by atoms with Crippen LogP contribution in [0.5, 0.6) is 0 Å². The molecule has 1 heterocycles. The first-order valence-corrected chi connectivity index (χ1v) is 8.51. The third-order valence-corrected chi connectivity index (χ3v) is 5.93. The van der Waals surface area contributed by atoms with Crippen LogP contribution >= 0.6 is 15.9 Å². The number of benzene rings is 1. The molecule has 1 saturated heterocycles. The van der Waals surface area contributed by atoms with Gasteiger partial charge >= 0.3 is 0 Å². The minimum Gasteiger partial charge on any atom is -0.369 e. The first kappa shape index (κ1) is 17.0. The van der Waals surface area contributed by atoms with Gasteiger partial charge in [-0.05, 0) is 71.7 Å². The van der Waals surface area contributed by atoms with Gasteiger partial charge in [-0.15, -0.1) is 0 Å². The SMILES string of the molecule is CNC(c1cc(C)c(Br)c(C)c1)C1CC(C)(C)OC1(C)C. The molecule has 3 heteroatoms. The fourth-order valence-electron chi connectivity index (χ4n) is 3.88. The van der Waals surface area contributed by atoms with Crippen LogP contribution in [0.1, 0.15) is 56.8 Å². The quantitative estimate of drug-likeness (QED) is 0.832. The summed E-state index contributed by atoms with van der Waals surface area (Å²) in [6, 6.07) is 4.89. The minimum absolute atomic E-state index is 0.0529. The summed E-state index contributed by atoms with van der Waals surface area (Å²) in [5.74, 6) is 0.456. The largest absolute Gasteiger partial charge is 0.369 e. The van der Waals surface area contributed by atoms with Crippen molar-refractivity contribution in [3.05, 3.63) is 33.3 Å². The van der Waals surface area contributed by atoms with E-state index >= 15 is 0 Å². The molecular formula is C18H28BrNO.